The first-order chi connectivity index (χ1) is 15.5. The minimum atomic E-state index is -0.759. The van der Waals surface area contributed by atoms with Gasteiger partial charge >= 0.3 is 5.97 Å². The summed E-state index contributed by atoms with van der Waals surface area (Å²) in [6, 6.07) is -0.415. The molecule has 194 valence electrons. The molecule has 0 aliphatic heterocycles. The minimum Gasteiger partial charge on any atom is -0.480 e. The van der Waals surface area contributed by atoms with Gasteiger partial charge in [0.15, 0.2) is 0 Å². The van der Waals surface area contributed by atoms with Gasteiger partial charge in [0, 0.05) is 19.6 Å². The van der Waals surface area contributed by atoms with Crippen molar-refractivity contribution in [3.63, 3.8) is 0 Å². The molecule has 1 unspecified atom stereocenters. The van der Waals surface area contributed by atoms with Crippen LogP contribution in [0.4, 0.5) is 0 Å². The van der Waals surface area contributed by atoms with E-state index in [1.807, 2.05) is 0 Å². The summed E-state index contributed by atoms with van der Waals surface area (Å²) in [5.74, 6) is -0.759. The van der Waals surface area contributed by atoms with Crippen LogP contribution in [0.15, 0.2) is 0 Å². The van der Waals surface area contributed by atoms with Gasteiger partial charge in [-0.3, -0.25) is 9.69 Å². The van der Waals surface area contributed by atoms with E-state index in [1.54, 1.807) is 11.8 Å². The topological polar surface area (TPSA) is 113 Å². The molecule has 0 saturated carbocycles. The molecule has 0 aromatic carbocycles. The first-order valence-corrected chi connectivity index (χ1v) is 13.0. The first-order valence-electron chi connectivity index (χ1n) is 13.0. The van der Waals surface area contributed by atoms with Gasteiger partial charge < -0.3 is 25.7 Å². The Kier molecular flexibility index (Phi) is 29.6. The average molecular weight is 463 g/mol. The van der Waals surface area contributed by atoms with Crippen molar-refractivity contribution >= 4 is 5.97 Å². The molecule has 0 radical (unpaired) electrons. The Morgan fingerprint density at radius 3 is 1.34 bits per heavy atom. The number of carbonyl (C=O) groups is 1. The van der Waals surface area contributed by atoms with E-state index in [2.05, 4.69) is 12.2 Å². The van der Waals surface area contributed by atoms with Crippen molar-refractivity contribution in [2.24, 2.45) is 0 Å². The van der Waals surface area contributed by atoms with Crippen molar-refractivity contribution in [2.45, 2.75) is 110 Å². The van der Waals surface area contributed by atoms with Crippen LogP contribution < -0.4 is 5.32 Å². The highest BCUT2D eigenvalue weighted by molar-refractivity contribution is 5.72. The van der Waals surface area contributed by atoms with E-state index in [-0.39, 0.29) is 19.8 Å². The predicted molar refractivity (Wildman–Crippen MR) is 133 cm³/mol. The summed E-state index contributed by atoms with van der Waals surface area (Å²) in [4.78, 5) is 12.4. The third kappa shape index (κ3) is 27.3. The van der Waals surface area contributed by atoms with Crippen LogP contribution in [-0.2, 0) is 4.79 Å². The maximum absolute atomic E-state index is 10.6. The molecular formula is C25H54N2O5. The van der Waals surface area contributed by atoms with Crippen LogP contribution in [0.2, 0.25) is 0 Å². The Morgan fingerprint density at radius 1 is 0.688 bits per heavy atom. The molecule has 0 aromatic rings. The van der Waals surface area contributed by atoms with Crippen molar-refractivity contribution in [1.82, 2.24) is 10.2 Å². The van der Waals surface area contributed by atoms with Crippen molar-refractivity contribution in [3.8, 4) is 0 Å². The zero-order valence-corrected chi connectivity index (χ0v) is 21.1. The fourth-order valence-corrected chi connectivity index (χ4v) is 3.49. The second-order valence-electron chi connectivity index (χ2n) is 8.62. The minimum absolute atomic E-state index is 0.0694. The second-order valence-corrected chi connectivity index (χ2v) is 8.62. The van der Waals surface area contributed by atoms with E-state index in [0.717, 1.165) is 13.0 Å². The van der Waals surface area contributed by atoms with Crippen LogP contribution in [0, 0.1) is 0 Å². The van der Waals surface area contributed by atoms with Gasteiger partial charge in [0.05, 0.1) is 19.8 Å². The number of unbranched alkanes of at least 4 members (excludes halogenated alkanes) is 13. The number of carboxylic acid groups (broad SMARTS) is 1. The summed E-state index contributed by atoms with van der Waals surface area (Å²) in [6.07, 6.45) is 19.0. The number of hydrogen-bond donors (Lipinski definition) is 5. The van der Waals surface area contributed by atoms with Gasteiger partial charge in [-0.2, -0.15) is 0 Å². The standard InChI is InChI=1S/C19H39NO2.C6H15NO3/c1-3-4-5-6-7-8-9-10-11-12-13-14-15-16-17-20-18(2)19(21)22;8-4-1-7(2-5-9)3-6-10/h18,20H,3-17H2,1-2H3,(H,21,22);8-10H,1-6H2. The Balaban J connectivity index is 0. The summed E-state index contributed by atoms with van der Waals surface area (Å²) in [6.45, 7) is 6.55. The molecule has 7 nitrogen and oxygen atoms in total. The van der Waals surface area contributed by atoms with E-state index in [4.69, 9.17) is 20.4 Å². The molecule has 0 aliphatic carbocycles. The molecule has 0 rings (SSSR count). The Hall–Kier alpha value is -0.730. The first kappa shape index (κ1) is 33.4. The van der Waals surface area contributed by atoms with E-state index in [1.165, 1.54) is 83.5 Å². The summed E-state index contributed by atoms with van der Waals surface area (Å²) in [7, 11) is 0. The SMILES string of the molecule is CCCCCCCCCCCCCCCCNC(C)C(=O)O.OCCN(CCO)CCO. The van der Waals surface area contributed by atoms with Crippen molar-refractivity contribution in [3.05, 3.63) is 0 Å². The molecule has 0 aliphatic rings. The molecule has 1 atom stereocenters. The zero-order valence-electron chi connectivity index (χ0n) is 21.1. The molecule has 0 spiro atoms. The van der Waals surface area contributed by atoms with E-state index in [0.29, 0.717) is 19.6 Å². The smallest absolute Gasteiger partial charge is 0.320 e. The number of carboxylic acids is 1. The Bertz CT molecular complexity index is 358. The monoisotopic (exact) mass is 462 g/mol. The Labute approximate surface area is 197 Å². The molecule has 32 heavy (non-hydrogen) atoms. The average Bonchev–Trinajstić information content (AvgIpc) is 2.77. The van der Waals surface area contributed by atoms with Crippen molar-refractivity contribution in [1.29, 1.82) is 0 Å². The van der Waals surface area contributed by atoms with E-state index < -0.39 is 12.0 Å². The highest BCUT2D eigenvalue weighted by atomic mass is 16.4. The normalized spacial score (nSPS) is 11.9. The number of nitrogens with one attached hydrogen (secondary N) is 1. The largest absolute Gasteiger partial charge is 0.480 e. The summed E-state index contributed by atoms with van der Waals surface area (Å²) in [5.41, 5.74) is 0. The number of hydrogen-bond acceptors (Lipinski definition) is 6. The van der Waals surface area contributed by atoms with Gasteiger partial charge in [0.2, 0.25) is 0 Å². The summed E-state index contributed by atoms with van der Waals surface area (Å²) < 4.78 is 0. The lowest BCUT2D eigenvalue weighted by Crippen LogP contribution is -2.34. The lowest BCUT2D eigenvalue weighted by molar-refractivity contribution is -0.138. The second kappa shape index (κ2) is 28.3. The van der Waals surface area contributed by atoms with Gasteiger partial charge in [0.25, 0.3) is 0 Å². The van der Waals surface area contributed by atoms with Gasteiger partial charge in [-0.05, 0) is 19.9 Å². The number of aliphatic carboxylic acids is 1. The maximum Gasteiger partial charge on any atom is 0.320 e. The lowest BCUT2D eigenvalue weighted by atomic mass is 10.0. The van der Waals surface area contributed by atoms with Crippen LogP contribution in [0.3, 0.4) is 0 Å². The molecular weight excluding hydrogens is 408 g/mol. The van der Waals surface area contributed by atoms with Gasteiger partial charge in [-0.25, -0.2) is 0 Å². The lowest BCUT2D eigenvalue weighted by Gasteiger charge is -2.17. The van der Waals surface area contributed by atoms with Gasteiger partial charge in [0.1, 0.15) is 6.04 Å². The van der Waals surface area contributed by atoms with Crippen LogP contribution in [0.1, 0.15) is 104 Å². The molecule has 0 fully saturated rings. The van der Waals surface area contributed by atoms with Crippen LogP contribution >= 0.6 is 0 Å². The Morgan fingerprint density at radius 2 is 1.03 bits per heavy atom. The summed E-state index contributed by atoms with van der Waals surface area (Å²) in [5, 5.41) is 37.2. The fraction of sp³-hybridized carbons (Fsp3) is 0.960. The quantitative estimate of drug-likeness (QED) is 0.147. The third-order valence-electron chi connectivity index (χ3n) is 5.60. The number of aliphatic hydroxyl groups is 3. The van der Waals surface area contributed by atoms with Crippen LogP contribution in [0.5, 0.6) is 0 Å². The van der Waals surface area contributed by atoms with E-state index in [9.17, 15) is 4.79 Å². The van der Waals surface area contributed by atoms with Crippen molar-refractivity contribution in [2.75, 3.05) is 46.0 Å². The van der Waals surface area contributed by atoms with Crippen LogP contribution in [-0.4, -0.2) is 83.3 Å². The molecule has 0 saturated heterocycles. The number of rotatable bonds is 23. The number of aliphatic hydroxyl groups excluding tert-OH is 3. The third-order valence-corrected chi connectivity index (χ3v) is 5.60. The molecule has 5 N–H and O–H groups in total. The summed E-state index contributed by atoms with van der Waals surface area (Å²) >= 11 is 0. The van der Waals surface area contributed by atoms with E-state index >= 15 is 0 Å². The molecule has 0 heterocycles. The molecule has 0 amide bonds. The van der Waals surface area contributed by atoms with Gasteiger partial charge in [-0.15, -0.1) is 0 Å². The zero-order chi connectivity index (χ0) is 24.3. The van der Waals surface area contributed by atoms with Crippen molar-refractivity contribution < 1.29 is 25.2 Å². The molecule has 0 aromatic heterocycles. The predicted octanol–water partition coefficient (Wildman–Crippen LogP) is 3.80. The van der Waals surface area contributed by atoms with Gasteiger partial charge in [-0.1, -0.05) is 90.4 Å². The highest BCUT2D eigenvalue weighted by Gasteiger charge is 2.07. The molecule has 0 bridgehead atoms. The molecule has 7 heteroatoms. The fourth-order valence-electron chi connectivity index (χ4n) is 3.49. The maximum atomic E-state index is 10.6. The van der Waals surface area contributed by atoms with Crippen LogP contribution in [0.25, 0.3) is 0 Å². The number of nitrogens with zero attached hydrogens (tertiary/aromatic N) is 1. The highest BCUT2D eigenvalue weighted by Crippen LogP contribution is 2.12.